The summed E-state index contributed by atoms with van der Waals surface area (Å²) in [6.45, 7) is 6.49. The molecule has 0 unspecified atom stereocenters. The molecule has 1 aromatic carbocycles. The molecular weight excluding hydrogens is 324 g/mol. The van der Waals surface area contributed by atoms with Crippen LogP contribution in [0.3, 0.4) is 0 Å². The van der Waals surface area contributed by atoms with Gasteiger partial charge in [-0.25, -0.2) is 4.68 Å². The number of carbonyl (C=O) groups excluding carboxylic acids is 1. The molecule has 2 aromatic rings. The van der Waals surface area contributed by atoms with Crippen LogP contribution >= 0.6 is 11.8 Å². The Morgan fingerprint density at radius 3 is 2.62 bits per heavy atom. The first-order valence-corrected chi connectivity index (χ1v) is 9.02. The van der Waals surface area contributed by atoms with Gasteiger partial charge in [-0.05, 0) is 28.5 Å². The molecule has 1 aliphatic heterocycles. The minimum atomic E-state index is 0.151. The van der Waals surface area contributed by atoms with Gasteiger partial charge < -0.3 is 4.90 Å². The molecule has 0 aliphatic carbocycles. The molecule has 1 aromatic heterocycles. The Bertz CT molecular complexity index is 695. The topological polar surface area (TPSA) is 67.2 Å². The lowest BCUT2D eigenvalue weighted by molar-refractivity contribution is -0.130. The number of aryl methyl sites for hydroxylation is 2. The summed E-state index contributed by atoms with van der Waals surface area (Å²) in [6, 6.07) is 8.48. The van der Waals surface area contributed by atoms with E-state index in [4.69, 9.17) is 0 Å². The van der Waals surface area contributed by atoms with Crippen molar-refractivity contribution >= 4 is 17.7 Å². The number of hydrogen-bond acceptors (Lipinski definition) is 6. The predicted octanol–water partition coefficient (Wildman–Crippen LogP) is 0.955. The van der Waals surface area contributed by atoms with E-state index in [9.17, 15) is 4.79 Å². The molecule has 0 N–H and O–H groups in total. The highest BCUT2D eigenvalue weighted by molar-refractivity contribution is 7.99. The van der Waals surface area contributed by atoms with Crippen molar-refractivity contribution in [1.29, 1.82) is 0 Å². The third kappa shape index (κ3) is 4.12. The number of thioether (sulfide) groups is 1. The van der Waals surface area contributed by atoms with E-state index in [0.717, 1.165) is 32.7 Å². The highest BCUT2D eigenvalue weighted by Crippen LogP contribution is 2.15. The molecule has 3 rings (SSSR count). The Kier molecular flexibility index (Phi) is 5.47. The maximum atomic E-state index is 12.3. The van der Waals surface area contributed by atoms with Crippen LogP contribution in [0.1, 0.15) is 11.1 Å². The first-order chi connectivity index (χ1) is 11.6. The maximum Gasteiger partial charge on any atom is 0.233 e. The van der Waals surface area contributed by atoms with Gasteiger partial charge in [0.1, 0.15) is 0 Å². The van der Waals surface area contributed by atoms with E-state index in [0.29, 0.717) is 10.9 Å². The van der Waals surface area contributed by atoms with Crippen LogP contribution < -0.4 is 0 Å². The van der Waals surface area contributed by atoms with Crippen molar-refractivity contribution in [3.8, 4) is 0 Å². The lowest BCUT2D eigenvalue weighted by atomic mass is 10.1. The van der Waals surface area contributed by atoms with E-state index in [1.54, 1.807) is 11.7 Å². The number of rotatable bonds is 5. The van der Waals surface area contributed by atoms with Crippen molar-refractivity contribution in [2.24, 2.45) is 7.05 Å². The number of aromatic nitrogens is 4. The summed E-state index contributed by atoms with van der Waals surface area (Å²) in [5.74, 6) is 0.532. The smallest absolute Gasteiger partial charge is 0.233 e. The third-order valence-electron chi connectivity index (χ3n) is 4.29. The summed E-state index contributed by atoms with van der Waals surface area (Å²) in [5, 5.41) is 11.9. The first-order valence-electron chi connectivity index (χ1n) is 8.03. The summed E-state index contributed by atoms with van der Waals surface area (Å²) in [4.78, 5) is 16.7. The highest BCUT2D eigenvalue weighted by Gasteiger charge is 2.22. The Morgan fingerprint density at radius 2 is 1.96 bits per heavy atom. The fourth-order valence-electron chi connectivity index (χ4n) is 2.74. The van der Waals surface area contributed by atoms with E-state index in [1.807, 2.05) is 4.90 Å². The third-order valence-corrected chi connectivity index (χ3v) is 5.28. The van der Waals surface area contributed by atoms with Crippen LogP contribution in [0.25, 0.3) is 0 Å². The average Bonchev–Trinajstić information content (AvgIpc) is 3.00. The second kappa shape index (κ2) is 7.76. The molecule has 128 valence electrons. The van der Waals surface area contributed by atoms with Crippen LogP contribution in [0.5, 0.6) is 0 Å². The summed E-state index contributed by atoms with van der Waals surface area (Å²) in [6.07, 6.45) is 0. The number of piperazine rings is 1. The van der Waals surface area contributed by atoms with Gasteiger partial charge in [0, 0.05) is 39.8 Å². The zero-order chi connectivity index (χ0) is 16.9. The Balaban J connectivity index is 1.45. The van der Waals surface area contributed by atoms with E-state index < -0.39 is 0 Å². The molecule has 0 saturated carbocycles. The number of carbonyl (C=O) groups is 1. The molecule has 24 heavy (non-hydrogen) atoms. The number of benzene rings is 1. The molecule has 2 heterocycles. The van der Waals surface area contributed by atoms with Crippen molar-refractivity contribution in [1.82, 2.24) is 30.0 Å². The van der Waals surface area contributed by atoms with Gasteiger partial charge in [0.2, 0.25) is 11.1 Å². The number of tetrazole rings is 1. The maximum absolute atomic E-state index is 12.3. The number of amides is 1. The van der Waals surface area contributed by atoms with Crippen LogP contribution in [0.2, 0.25) is 0 Å². The Morgan fingerprint density at radius 1 is 1.21 bits per heavy atom. The van der Waals surface area contributed by atoms with Crippen LogP contribution in [0.15, 0.2) is 29.4 Å². The minimum Gasteiger partial charge on any atom is -0.339 e. The predicted molar refractivity (Wildman–Crippen MR) is 92.6 cm³/mol. The average molecular weight is 346 g/mol. The lowest BCUT2D eigenvalue weighted by Gasteiger charge is -2.35. The molecule has 0 radical (unpaired) electrons. The molecule has 1 saturated heterocycles. The van der Waals surface area contributed by atoms with E-state index in [1.165, 1.54) is 22.9 Å². The van der Waals surface area contributed by atoms with E-state index in [-0.39, 0.29) is 5.91 Å². The second-order valence-corrected chi connectivity index (χ2v) is 6.90. The Labute approximate surface area is 146 Å². The summed E-state index contributed by atoms with van der Waals surface area (Å²) >= 11 is 1.38. The zero-order valence-corrected chi connectivity index (χ0v) is 14.9. The zero-order valence-electron chi connectivity index (χ0n) is 14.1. The quantitative estimate of drug-likeness (QED) is 0.751. The number of hydrogen-bond donors (Lipinski definition) is 0. The van der Waals surface area contributed by atoms with Crippen LogP contribution in [-0.4, -0.2) is 67.8 Å². The van der Waals surface area contributed by atoms with Gasteiger partial charge in [-0.1, -0.05) is 36.0 Å². The van der Waals surface area contributed by atoms with Crippen LogP contribution in [0, 0.1) is 6.92 Å². The van der Waals surface area contributed by atoms with Gasteiger partial charge in [0.15, 0.2) is 0 Å². The second-order valence-electron chi connectivity index (χ2n) is 5.96. The van der Waals surface area contributed by atoms with Gasteiger partial charge >= 0.3 is 0 Å². The standard InChI is InChI=1S/C16H22N6OS/c1-13-5-3-4-6-14(13)11-21-7-9-22(10-8-21)15(23)12-24-16-17-18-19-20(16)2/h3-6H,7-12H2,1-2H3. The van der Waals surface area contributed by atoms with Crippen molar-refractivity contribution < 1.29 is 4.79 Å². The lowest BCUT2D eigenvalue weighted by Crippen LogP contribution is -2.48. The van der Waals surface area contributed by atoms with Crippen molar-refractivity contribution in [2.45, 2.75) is 18.6 Å². The molecule has 1 fully saturated rings. The number of nitrogens with zero attached hydrogens (tertiary/aromatic N) is 6. The van der Waals surface area contributed by atoms with Gasteiger partial charge in [0.05, 0.1) is 5.75 Å². The molecule has 0 atom stereocenters. The van der Waals surface area contributed by atoms with Crippen molar-refractivity contribution in [2.75, 3.05) is 31.9 Å². The molecule has 1 amide bonds. The Hall–Kier alpha value is -1.93. The summed E-state index contributed by atoms with van der Waals surface area (Å²) in [5.41, 5.74) is 2.69. The van der Waals surface area contributed by atoms with Crippen LogP contribution in [0.4, 0.5) is 0 Å². The van der Waals surface area contributed by atoms with Crippen molar-refractivity contribution in [3.63, 3.8) is 0 Å². The van der Waals surface area contributed by atoms with Gasteiger partial charge in [-0.2, -0.15) is 0 Å². The van der Waals surface area contributed by atoms with Crippen molar-refractivity contribution in [3.05, 3.63) is 35.4 Å². The highest BCUT2D eigenvalue weighted by atomic mass is 32.2. The van der Waals surface area contributed by atoms with E-state index >= 15 is 0 Å². The van der Waals surface area contributed by atoms with E-state index in [2.05, 4.69) is 51.6 Å². The molecule has 0 spiro atoms. The first kappa shape index (κ1) is 16.9. The minimum absolute atomic E-state index is 0.151. The van der Waals surface area contributed by atoms with Crippen LogP contribution in [-0.2, 0) is 18.4 Å². The molecule has 0 bridgehead atoms. The molecule has 8 heteroatoms. The van der Waals surface area contributed by atoms with Gasteiger partial charge in [-0.3, -0.25) is 9.69 Å². The molecular formula is C16H22N6OS. The fraction of sp³-hybridized carbons (Fsp3) is 0.500. The normalized spacial score (nSPS) is 15.7. The van der Waals surface area contributed by atoms with Gasteiger partial charge in [-0.15, -0.1) is 5.10 Å². The molecule has 1 aliphatic rings. The fourth-order valence-corrected chi connectivity index (χ4v) is 3.50. The summed E-state index contributed by atoms with van der Waals surface area (Å²) in [7, 11) is 1.77. The van der Waals surface area contributed by atoms with Gasteiger partial charge in [0.25, 0.3) is 0 Å². The molecule has 7 nitrogen and oxygen atoms in total. The summed E-state index contributed by atoms with van der Waals surface area (Å²) < 4.78 is 1.58. The SMILES string of the molecule is Cc1ccccc1CN1CCN(C(=O)CSc2nnnn2C)CC1. The monoisotopic (exact) mass is 346 g/mol. The largest absolute Gasteiger partial charge is 0.339 e.